The number of amides is 1. The average molecular weight is 339 g/mol. The zero-order valence-electron chi connectivity index (χ0n) is 14.2. The molecule has 1 N–H and O–H groups in total. The SMILES string of the molecule is CC(=O)N1CCC(Cc2cnc(-c3ccc(C(=O)O)cc3)cn2)CC1. The molecule has 6 nitrogen and oxygen atoms in total. The van der Waals surface area contributed by atoms with E-state index < -0.39 is 5.97 Å². The van der Waals surface area contributed by atoms with Crippen LogP contribution >= 0.6 is 0 Å². The number of carboxylic acid groups (broad SMARTS) is 1. The van der Waals surface area contributed by atoms with Crippen LogP contribution in [-0.4, -0.2) is 44.9 Å². The van der Waals surface area contributed by atoms with Crippen LogP contribution < -0.4 is 0 Å². The van der Waals surface area contributed by atoms with Crippen LogP contribution in [0.2, 0.25) is 0 Å². The number of hydrogen-bond acceptors (Lipinski definition) is 4. The maximum Gasteiger partial charge on any atom is 0.335 e. The minimum absolute atomic E-state index is 0.150. The molecule has 0 radical (unpaired) electrons. The smallest absolute Gasteiger partial charge is 0.335 e. The molecule has 0 atom stereocenters. The van der Waals surface area contributed by atoms with Gasteiger partial charge in [-0.3, -0.25) is 14.8 Å². The molecule has 0 saturated carbocycles. The lowest BCUT2D eigenvalue weighted by Gasteiger charge is -2.31. The van der Waals surface area contributed by atoms with Crippen molar-refractivity contribution in [2.75, 3.05) is 13.1 Å². The van der Waals surface area contributed by atoms with Crippen LogP contribution in [-0.2, 0) is 11.2 Å². The molecule has 0 unspecified atom stereocenters. The largest absolute Gasteiger partial charge is 0.478 e. The van der Waals surface area contributed by atoms with E-state index in [9.17, 15) is 9.59 Å². The number of hydrogen-bond donors (Lipinski definition) is 1. The van der Waals surface area contributed by atoms with Crippen molar-refractivity contribution in [3.05, 3.63) is 47.9 Å². The topological polar surface area (TPSA) is 83.4 Å². The molecule has 130 valence electrons. The molecule has 0 bridgehead atoms. The fraction of sp³-hybridized carbons (Fsp3) is 0.368. The van der Waals surface area contributed by atoms with Gasteiger partial charge < -0.3 is 10.0 Å². The predicted molar refractivity (Wildman–Crippen MR) is 93.1 cm³/mol. The first-order valence-corrected chi connectivity index (χ1v) is 8.43. The van der Waals surface area contributed by atoms with Gasteiger partial charge in [0.05, 0.1) is 23.1 Å². The molecule has 0 spiro atoms. The van der Waals surface area contributed by atoms with Crippen LogP contribution in [0.25, 0.3) is 11.3 Å². The molecule has 1 aromatic carbocycles. The Balaban J connectivity index is 1.61. The summed E-state index contributed by atoms with van der Waals surface area (Å²) in [6.45, 7) is 3.26. The zero-order chi connectivity index (χ0) is 17.8. The molecule has 1 fully saturated rings. The standard InChI is InChI=1S/C19H21N3O3/c1-13(23)22-8-6-14(7-9-22)10-17-11-21-18(12-20-17)15-2-4-16(5-3-15)19(24)25/h2-5,11-12,14H,6-10H2,1H3,(H,24,25). The number of carbonyl (C=O) groups excluding carboxylic acids is 1. The molecular weight excluding hydrogens is 318 g/mol. The van der Waals surface area contributed by atoms with Crippen LogP contribution in [0.5, 0.6) is 0 Å². The van der Waals surface area contributed by atoms with Gasteiger partial charge in [-0.1, -0.05) is 12.1 Å². The first-order chi connectivity index (χ1) is 12.0. The second-order valence-electron chi connectivity index (χ2n) is 6.43. The Morgan fingerprint density at radius 3 is 2.32 bits per heavy atom. The molecule has 25 heavy (non-hydrogen) atoms. The lowest BCUT2D eigenvalue weighted by molar-refractivity contribution is -0.130. The molecule has 6 heteroatoms. The number of benzene rings is 1. The Morgan fingerprint density at radius 2 is 1.80 bits per heavy atom. The normalized spacial score (nSPS) is 15.2. The quantitative estimate of drug-likeness (QED) is 0.926. The summed E-state index contributed by atoms with van der Waals surface area (Å²) in [5, 5.41) is 8.94. The van der Waals surface area contributed by atoms with Crippen molar-refractivity contribution >= 4 is 11.9 Å². The minimum Gasteiger partial charge on any atom is -0.478 e. The van der Waals surface area contributed by atoms with Crippen molar-refractivity contribution in [3.8, 4) is 11.3 Å². The number of likely N-dealkylation sites (tertiary alicyclic amines) is 1. The highest BCUT2D eigenvalue weighted by molar-refractivity contribution is 5.88. The maximum atomic E-state index is 11.4. The fourth-order valence-electron chi connectivity index (χ4n) is 3.14. The van der Waals surface area contributed by atoms with Crippen molar-refractivity contribution in [1.82, 2.24) is 14.9 Å². The van der Waals surface area contributed by atoms with Crippen LogP contribution in [0.15, 0.2) is 36.7 Å². The van der Waals surface area contributed by atoms with Gasteiger partial charge in [0.15, 0.2) is 0 Å². The van der Waals surface area contributed by atoms with Crippen molar-refractivity contribution in [2.45, 2.75) is 26.2 Å². The summed E-state index contributed by atoms with van der Waals surface area (Å²) in [7, 11) is 0. The Hall–Kier alpha value is -2.76. The minimum atomic E-state index is -0.941. The van der Waals surface area contributed by atoms with Gasteiger partial charge in [0, 0.05) is 31.8 Å². The Bertz CT molecular complexity index is 748. The fourth-order valence-corrected chi connectivity index (χ4v) is 3.14. The summed E-state index contributed by atoms with van der Waals surface area (Å²) in [6, 6.07) is 6.61. The molecule has 2 heterocycles. The highest BCUT2D eigenvalue weighted by atomic mass is 16.4. The number of aromatic nitrogens is 2. The van der Waals surface area contributed by atoms with Crippen LogP contribution in [0.3, 0.4) is 0 Å². The van der Waals surface area contributed by atoms with Crippen LogP contribution in [0, 0.1) is 5.92 Å². The van der Waals surface area contributed by atoms with E-state index in [0.29, 0.717) is 5.92 Å². The van der Waals surface area contributed by atoms with E-state index in [0.717, 1.165) is 49.3 Å². The van der Waals surface area contributed by atoms with E-state index >= 15 is 0 Å². The molecular formula is C19H21N3O3. The first-order valence-electron chi connectivity index (χ1n) is 8.43. The van der Waals surface area contributed by atoms with E-state index in [4.69, 9.17) is 5.11 Å². The van der Waals surface area contributed by atoms with Crippen molar-refractivity contribution < 1.29 is 14.7 Å². The van der Waals surface area contributed by atoms with E-state index in [1.54, 1.807) is 43.6 Å². The van der Waals surface area contributed by atoms with Crippen molar-refractivity contribution in [3.63, 3.8) is 0 Å². The van der Waals surface area contributed by atoms with Gasteiger partial charge in [-0.15, -0.1) is 0 Å². The van der Waals surface area contributed by atoms with Gasteiger partial charge >= 0.3 is 5.97 Å². The molecule has 1 aromatic heterocycles. The van der Waals surface area contributed by atoms with Crippen LogP contribution in [0.4, 0.5) is 0 Å². The first kappa shape index (κ1) is 17.1. The van der Waals surface area contributed by atoms with Crippen LogP contribution in [0.1, 0.15) is 35.8 Å². The Kier molecular flexibility index (Phi) is 5.07. The summed E-state index contributed by atoms with van der Waals surface area (Å²) in [6.07, 6.45) is 6.39. The maximum absolute atomic E-state index is 11.4. The second-order valence-corrected chi connectivity index (χ2v) is 6.43. The molecule has 1 aliphatic rings. The van der Waals surface area contributed by atoms with E-state index in [1.807, 2.05) is 4.90 Å². The molecule has 1 amide bonds. The average Bonchev–Trinajstić information content (AvgIpc) is 2.63. The van der Waals surface area contributed by atoms with Gasteiger partial charge in [-0.25, -0.2) is 4.79 Å². The van der Waals surface area contributed by atoms with Gasteiger partial charge in [-0.05, 0) is 37.3 Å². The van der Waals surface area contributed by atoms with E-state index in [-0.39, 0.29) is 11.5 Å². The number of rotatable bonds is 4. The Labute approximate surface area is 146 Å². The van der Waals surface area contributed by atoms with E-state index in [1.165, 1.54) is 0 Å². The monoisotopic (exact) mass is 339 g/mol. The number of carboxylic acids is 1. The summed E-state index contributed by atoms with van der Waals surface area (Å²) < 4.78 is 0. The zero-order valence-corrected chi connectivity index (χ0v) is 14.2. The van der Waals surface area contributed by atoms with Gasteiger partial charge in [0.2, 0.25) is 5.91 Å². The van der Waals surface area contributed by atoms with Gasteiger partial charge in [0.25, 0.3) is 0 Å². The summed E-state index contributed by atoms with van der Waals surface area (Å²) in [5.74, 6) is -0.258. The van der Waals surface area contributed by atoms with E-state index in [2.05, 4.69) is 9.97 Å². The molecule has 2 aromatic rings. The van der Waals surface area contributed by atoms with Crippen molar-refractivity contribution in [2.24, 2.45) is 5.92 Å². The number of aromatic carboxylic acids is 1. The molecule has 3 rings (SSSR count). The Morgan fingerprint density at radius 1 is 1.12 bits per heavy atom. The third kappa shape index (κ3) is 4.21. The van der Waals surface area contributed by atoms with Gasteiger partial charge in [-0.2, -0.15) is 0 Å². The lowest BCUT2D eigenvalue weighted by atomic mass is 9.92. The second kappa shape index (κ2) is 7.42. The van der Waals surface area contributed by atoms with Gasteiger partial charge in [0.1, 0.15) is 0 Å². The number of carbonyl (C=O) groups is 2. The summed E-state index contributed by atoms with van der Waals surface area (Å²) >= 11 is 0. The predicted octanol–water partition coefficient (Wildman–Crippen LogP) is 2.64. The third-order valence-corrected chi connectivity index (χ3v) is 4.69. The number of piperidine rings is 1. The molecule has 0 aliphatic carbocycles. The lowest BCUT2D eigenvalue weighted by Crippen LogP contribution is -2.37. The molecule has 1 saturated heterocycles. The third-order valence-electron chi connectivity index (χ3n) is 4.69. The molecule has 1 aliphatic heterocycles. The highest BCUT2D eigenvalue weighted by Gasteiger charge is 2.21. The summed E-state index contributed by atoms with van der Waals surface area (Å²) in [5.41, 5.74) is 2.78. The number of nitrogens with zero attached hydrogens (tertiary/aromatic N) is 3. The highest BCUT2D eigenvalue weighted by Crippen LogP contribution is 2.22. The summed E-state index contributed by atoms with van der Waals surface area (Å²) in [4.78, 5) is 33.1. The van der Waals surface area contributed by atoms with Crippen molar-refractivity contribution in [1.29, 1.82) is 0 Å².